The highest BCUT2D eigenvalue weighted by atomic mass is 16.1. The highest BCUT2D eigenvalue weighted by Crippen LogP contribution is 1.97. The zero-order chi connectivity index (χ0) is 14.6. The fourth-order valence-corrected chi connectivity index (χ4v) is 1.68. The molecule has 110 valence electrons. The molecule has 0 radical (unpaired) electrons. The SMILES string of the molecule is CCCNC(=O)CNC(=NC)NCCc1ccccc1. The number of rotatable bonds is 7. The summed E-state index contributed by atoms with van der Waals surface area (Å²) in [6.07, 6.45) is 1.86. The molecule has 1 aromatic rings. The second-order valence-electron chi connectivity index (χ2n) is 4.44. The zero-order valence-electron chi connectivity index (χ0n) is 12.3. The molecule has 0 saturated heterocycles. The lowest BCUT2D eigenvalue weighted by molar-refractivity contribution is -0.120. The van der Waals surface area contributed by atoms with Crippen molar-refractivity contribution >= 4 is 11.9 Å². The smallest absolute Gasteiger partial charge is 0.239 e. The highest BCUT2D eigenvalue weighted by Gasteiger charge is 2.02. The van der Waals surface area contributed by atoms with E-state index in [2.05, 4.69) is 33.1 Å². The maximum atomic E-state index is 11.5. The van der Waals surface area contributed by atoms with Gasteiger partial charge in [-0.3, -0.25) is 9.79 Å². The quantitative estimate of drug-likeness (QED) is 0.512. The Bertz CT molecular complexity index is 417. The summed E-state index contributed by atoms with van der Waals surface area (Å²) in [5, 5.41) is 8.99. The van der Waals surface area contributed by atoms with E-state index in [-0.39, 0.29) is 12.5 Å². The van der Waals surface area contributed by atoms with Crippen LogP contribution in [0.3, 0.4) is 0 Å². The summed E-state index contributed by atoms with van der Waals surface area (Å²) in [6, 6.07) is 10.2. The van der Waals surface area contributed by atoms with Gasteiger partial charge in [0.15, 0.2) is 5.96 Å². The van der Waals surface area contributed by atoms with E-state index in [1.807, 2.05) is 25.1 Å². The molecule has 1 amide bonds. The standard InChI is InChI=1S/C15H24N4O/c1-3-10-17-14(20)12-19-15(16-2)18-11-9-13-7-5-4-6-8-13/h4-8H,3,9-12H2,1-2H3,(H,17,20)(H2,16,18,19). The van der Waals surface area contributed by atoms with E-state index in [4.69, 9.17) is 0 Å². The third-order valence-corrected chi connectivity index (χ3v) is 2.76. The van der Waals surface area contributed by atoms with Crippen LogP contribution in [0.2, 0.25) is 0 Å². The van der Waals surface area contributed by atoms with Crippen LogP contribution in [0.4, 0.5) is 0 Å². The van der Waals surface area contributed by atoms with Gasteiger partial charge in [-0.05, 0) is 18.4 Å². The molecule has 0 aliphatic carbocycles. The summed E-state index contributed by atoms with van der Waals surface area (Å²) in [4.78, 5) is 15.5. The summed E-state index contributed by atoms with van der Waals surface area (Å²) in [7, 11) is 1.70. The summed E-state index contributed by atoms with van der Waals surface area (Å²) in [6.45, 7) is 3.75. The summed E-state index contributed by atoms with van der Waals surface area (Å²) >= 11 is 0. The van der Waals surface area contributed by atoms with Gasteiger partial charge >= 0.3 is 0 Å². The second-order valence-corrected chi connectivity index (χ2v) is 4.44. The molecule has 0 spiro atoms. The first-order valence-electron chi connectivity index (χ1n) is 7.01. The lowest BCUT2D eigenvalue weighted by Crippen LogP contribution is -2.43. The number of carbonyl (C=O) groups is 1. The third kappa shape index (κ3) is 6.78. The molecule has 20 heavy (non-hydrogen) atoms. The van der Waals surface area contributed by atoms with Crippen LogP contribution < -0.4 is 16.0 Å². The average Bonchev–Trinajstić information content (AvgIpc) is 2.49. The minimum atomic E-state index is -0.0159. The Balaban J connectivity index is 2.21. The van der Waals surface area contributed by atoms with Gasteiger partial charge in [0, 0.05) is 20.1 Å². The largest absolute Gasteiger partial charge is 0.356 e. The number of benzene rings is 1. The predicted molar refractivity (Wildman–Crippen MR) is 82.8 cm³/mol. The van der Waals surface area contributed by atoms with Gasteiger partial charge < -0.3 is 16.0 Å². The van der Waals surface area contributed by atoms with Crippen molar-refractivity contribution in [3.8, 4) is 0 Å². The van der Waals surface area contributed by atoms with Gasteiger partial charge in [-0.2, -0.15) is 0 Å². The Kier molecular flexibility index (Phi) is 7.87. The maximum Gasteiger partial charge on any atom is 0.239 e. The van der Waals surface area contributed by atoms with Crippen molar-refractivity contribution in [2.24, 2.45) is 4.99 Å². The van der Waals surface area contributed by atoms with Crippen molar-refractivity contribution in [3.63, 3.8) is 0 Å². The first-order chi connectivity index (χ1) is 9.76. The molecule has 0 atom stereocenters. The van der Waals surface area contributed by atoms with Crippen molar-refractivity contribution in [2.45, 2.75) is 19.8 Å². The van der Waals surface area contributed by atoms with Crippen LogP contribution in [-0.2, 0) is 11.2 Å². The van der Waals surface area contributed by atoms with E-state index in [9.17, 15) is 4.79 Å². The van der Waals surface area contributed by atoms with Crippen molar-refractivity contribution in [1.82, 2.24) is 16.0 Å². The third-order valence-electron chi connectivity index (χ3n) is 2.76. The van der Waals surface area contributed by atoms with E-state index >= 15 is 0 Å². The van der Waals surface area contributed by atoms with E-state index < -0.39 is 0 Å². The van der Waals surface area contributed by atoms with Gasteiger partial charge in [0.25, 0.3) is 0 Å². The topological polar surface area (TPSA) is 65.5 Å². The molecule has 0 saturated carbocycles. The number of hydrogen-bond donors (Lipinski definition) is 3. The lowest BCUT2D eigenvalue weighted by atomic mass is 10.1. The van der Waals surface area contributed by atoms with Crippen LogP contribution in [0, 0.1) is 0 Å². The van der Waals surface area contributed by atoms with Gasteiger partial charge in [0.1, 0.15) is 0 Å². The number of nitrogens with zero attached hydrogens (tertiary/aromatic N) is 1. The molecule has 5 heteroatoms. The van der Waals surface area contributed by atoms with E-state index in [1.54, 1.807) is 7.05 Å². The molecule has 3 N–H and O–H groups in total. The number of carbonyl (C=O) groups excluding carboxylic acids is 1. The molecule has 0 fully saturated rings. The molecule has 1 rings (SSSR count). The van der Waals surface area contributed by atoms with Gasteiger partial charge in [-0.15, -0.1) is 0 Å². The monoisotopic (exact) mass is 276 g/mol. The van der Waals surface area contributed by atoms with E-state index in [1.165, 1.54) is 5.56 Å². The molecule has 1 aromatic carbocycles. The van der Waals surface area contributed by atoms with Crippen molar-refractivity contribution < 1.29 is 4.79 Å². The molecular weight excluding hydrogens is 252 g/mol. The van der Waals surface area contributed by atoms with Crippen LogP contribution in [-0.4, -0.2) is 38.5 Å². The number of nitrogens with one attached hydrogen (secondary N) is 3. The molecule has 0 unspecified atom stereocenters. The molecule has 0 aliphatic rings. The Morgan fingerprint density at radius 3 is 2.50 bits per heavy atom. The molecule has 0 aliphatic heterocycles. The summed E-state index contributed by atoms with van der Waals surface area (Å²) in [5.41, 5.74) is 1.27. The molecular formula is C15H24N4O. The van der Waals surface area contributed by atoms with Crippen LogP contribution in [0.25, 0.3) is 0 Å². The Morgan fingerprint density at radius 2 is 1.85 bits per heavy atom. The predicted octanol–water partition coefficient (Wildman–Crippen LogP) is 0.920. The molecule has 0 aromatic heterocycles. The van der Waals surface area contributed by atoms with Crippen LogP contribution in [0.5, 0.6) is 0 Å². The normalized spacial score (nSPS) is 11.0. The maximum absolute atomic E-state index is 11.5. The average molecular weight is 276 g/mol. The highest BCUT2D eigenvalue weighted by molar-refractivity contribution is 5.86. The molecule has 0 heterocycles. The van der Waals surface area contributed by atoms with E-state index in [0.29, 0.717) is 12.5 Å². The first kappa shape index (κ1) is 16.0. The minimum absolute atomic E-state index is 0.0159. The second kappa shape index (κ2) is 9.83. The van der Waals surface area contributed by atoms with Crippen LogP contribution >= 0.6 is 0 Å². The van der Waals surface area contributed by atoms with Crippen LogP contribution in [0.15, 0.2) is 35.3 Å². The zero-order valence-corrected chi connectivity index (χ0v) is 12.3. The van der Waals surface area contributed by atoms with Gasteiger partial charge in [-0.25, -0.2) is 0 Å². The Morgan fingerprint density at radius 1 is 1.10 bits per heavy atom. The number of guanidine groups is 1. The van der Waals surface area contributed by atoms with Crippen molar-refractivity contribution in [1.29, 1.82) is 0 Å². The number of amides is 1. The van der Waals surface area contributed by atoms with E-state index in [0.717, 1.165) is 19.4 Å². The summed E-state index contributed by atoms with van der Waals surface area (Å²) in [5.74, 6) is 0.630. The van der Waals surface area contributed by atoms with Crippen LogP contribution in [0.1, 0.15) is 18.9 Å². The van der Waals surface area contributed by atoms with Gasteiger partial charge in [-0.1, -0.05) is 37.3 Å². The lowest BCUT2D eigenvalue weighted by Gasteiger charge is -2.11. The van der Waals surface area contributed by atoms with Crippen molar-refractivity contribution in [2.75, 3.05) is 26.7 Å². The number of hydrogen-bond acceptors (Lipinski definition) is 2. The molecule has 5 nitrogen and oxygen atoms in total. The molecule has 0 bridgehead atoms. The fourth-order valence-electron chi connectivity index (χ4n) is 1.68. The van der Waals surface area contributed by atoms with Crippen molar-refractivity contribution in [3.05, 3.63) is 35.9 Å². The first-order valence-corrected chi connectivity index (χ1v) is 7.01. The van der Waals surface area contributed by atoms with Gasteiger partial charge in [0.2, 0.25) is 5.91 Å². The minimum Gasteiger partial charge on any atom is -0.356 e. The fraction of sp³-hybridized carbons (Fsp3) is 0.467. The Hall–Kier alpha value is -2.04. The summed E-state index contributed by atoms with van der Waals surface area (Å²) < 4.78 is 0. The number of aliphatic imine (C=N–C) groups is 1. The van der Waals surface area contributed by atoms with Gasteiger partial charge in [0.05, 0.1) is 6.54 Å². The Labute approximate surface area is 120 Å².